The Balaban J connectivity index is 3.54. The number of nitrogens with two attached hydrogens (primary N) is 1. The molecule has 25 heavy (non-hydrogen) atoms. The zero-order valence-electron chi connectivity index (χ0n) is 15.4. The van der Waals surface area contributed by atoms with E-state index in [9.17, 15) is 9.18 Å². The van der Waals surface area contributed by atoms with Gasteiger partial charge in [0.25, 0.3) is 0 Å². The Hall–Kier alpha value is -0.450. The Morgan fingerprint density at radius 1 is 1.40 bits per heavy atom. The van der Waals surface area contributed by atoms with Gasteiger partial charge in [0.05, 0.1) is 0 Å². The SMILES string of the molecule is CCC(C)(I)[C@](CC)(N=C(C)N)c1cc(NC(=O)C[I-]C)ccc1F. The third-order valence-electron chi connectivity index (χ3n) is 4.36. The van der Waals surface area contributed by atoms with Crippen LogP contribution in [0, 0.1) is 5.82 Å². The Morgan fingerprint density at radius 2 is 2.04 bits per heavy atom. The van der Waals surface area contributed by atoms with Crippen LogP contribution in [0.4, 0.5) is 10.1 Å². The summed E-state index contributed by atoms with van der Waals surface area (Å²) < 4.78 is 15.0. The number of hydrogen-bond acceptors (Lipinski definition) is 2. The van der Waals surface area contributed by atoms with E-state index in [0.717, 1.165) is 6.42 Å². The van der Waals surface area contributed by atoms with Crippen LogP contribution in [0.1, 0.15) is 46.1 Å². The molecule has 0 aliphatic carbocycles. The van der Waals surface area contributed by atoms with E-state index in [1.54, 1.807) is 19.1 Å². The van der Waals surface area contributed by atoms with Gasteiger partial charge in [0.1, 0.15) is 0 Å². The molecule has 0 saturated heterocycles. The monoisotopic (exact) mass is 574 g/mol. The molecule has 1 amide bonds. The average Bonchev–Trinajstić information content (AvgIpc) is 2.54. The quantitative estimate of drug-likeness (QED) is 0.211. The number of aliphatic imine (C=N–C) groups is 1. The van der Waals surface area contributed by atoms with Gasteiger partial charge in [-0.15, -0.1) is 0 Å². The van der Waals surface area contributed by atoms with Crippen molar-refractivity contribution in [2.45, 2.75) is 49.5 Å². The molecule has 1 rings (SSSR count). The van der Waals surface area contributed by atoms with Crippen molar-refractivity contribution in [1.82, 2.24) is 0 Å². The zero-order valence-corrected chi connectivity index (χ0v) is 19.7. The molecule has 0 radical (unpaired) electrons. The Labute approximate surface area is 174 Å². The summed E-state index contributed by atoms with van der Waals surface area (Å²) in [4.78, 5) is 18.7. The van der Waals surface area contributed by atoms with Gasteiger partial charge in [-0.3, -0.25) is 0 Å². The van der Waals surface area contributed by atoms with Gasteiger partial charge in [0.2, 0.25) is 0 Å². The number of alkyl halides is 3. The van der Waals surface area contributed by atoms with Crippen LogP contribution in [0.5, 0.6) is 0 Å². The first kappa shape index (κ1) is 22.6. The van der Waals surface area contributed by atoms with E-state index in [1.807, 2.05) is 6.92 Å². The summed E-state index contributed by atoms with van der Waals surface area (Å²) in [7, 11) is 0. The van der Waals surface area contributed by atoms with Gasteiger partial charge in [0.15, 0.2) is 0 Å². The fourth-order valence-electron chi connectivity index (χ4n) is 2.92. The molecular formula is C18H27FI2N3O-. The average molecular weight is 574 g/mol. The number of hydrogen-bond donors (Lipinski definition) is 2. The Kier molecular flexibility index (Phi) is 8.56. The van der Waals surface area contributed by atoms with Crippen molar-refractivity contribution in [3.05, 3.63) is 29.6 Å². The van der Waals surface area contributed by atoms with Crippen molar-refractivity contribution in [2.24, 2.45) is 10.7 Å². The van der Waals surface area contributed by atoms with Crippen molar-refractivity contribution in [3.63, 3.8) is 0 Å². The summed E-state index contributed by atoms with van der Waals surface area (Å²) >= 11 is 2.22. The summed E-state index contributed by atoms with van der Waals surface area (Å²) in [6, 6.07) is 4.71. The van der Waals surface area contributed by atoms with Crippen LogP contribution in [0.3, 0.4) is 0 Å². The van der Waals surface area contributed by atoms with Crippen LogP contribution in [0.25, 0.3) is 0 Å². The van der Waals surface area contributed by atoms with E-state index in [2.05, 4.69) is 46.7 Å². The van der Waals surface area contributed by atoms with Crippen molar-refractivity contribution in [1.29, 1.82) is 0 Å². The van der Waals surface area contributed by atoms with E-state index in [-0.39, 0.29) is 36.4 Å². The van der Waals surface area contributed by atoms with E-state index < -0.39 is 5.54 Å². The number of nitrogens with one attached hydrogen (secondary N) is 1. The van der Waals surface area contributed by atoms with E-state index in [0.29, 0.717) is 27.9 Å². The van der Waals surface area contributed by atoms with Gasteiger partial charge in [-0.05, 0) is 0 Å². The van der Waals surface area contributed by atoms with Gasteiger partial charge in [-0.1, -0.05) is 0 Å². The second kappa shape index (κ2) is 9.48. The molecule has 0 bridgehead atoms. The summed E-state index contributed by atoms with van der Waals surface area (Å²) in [5.41, 5.74) is 6.18. The van der Waals surface area contributed by atoms with E-state index in [1.165, 1.54) is 6.07 Å². The molecule has 0 saturated carbocycles. The Morgan fingerprint density at radius 3 is 2.52 bits per heavy atom. The predicted molar refractivity (Wildman–Crippen MR) is 108 cm³/mol. The number of amides is 1. The molecule has 1 aromatic carbocycles. The van der Waals surface area contributed by atoms with Gasteiger partial charge < -0.3 is 0 Å². The first-order valence-electron chi connectivity index (χ1n) is 8.18. The van der Waals surface area contributed by atoms with Crippen LogP contribution in [-0.2, 0) is 10.3 Å². The standard InChI is InChI=1S/C18H27FI2N3O/c1-6-17(4,20)18(7-2,24-12(3)22)14-10-13(8-9-15(14)19)23-16(25)11-21-5/h8-10H,6-7,11H2,1-5H3,(H2,22,24)(H,23,25)/q-1/t17?,18-/m1/s1. The predicted octanol–water partition coefficient (Wildman–Crippen LogP) is 1.07. The molecule has 3 N–H and O–H groups in total. The third kappa shape index (κ3) is 5.27. The van der Waals surface area contributed by atoms with Crippen LogP contribution >= 0.6 is 22.6 Å². The second-order valence-corrected chi connectivity index (χ2v) is 10.8. The summed E-state index contributed by atoms with van der Waals surface area (Å²) in [6.45, 7) is 7.84. The molecule has 142 valence electrons. The van der Waals surface area contributed by atoms with Crippen LogP contribution in [-0.4, -0.2) is 24.5 Å². The van der Waals surface area contributed by atoms with Crippen LogP contribution < -0.4 is 32.3 Å². The normalized spacial score (nSPS) is 17.0. The number of halogens is 3. The molecule has 1 aromatic rings. The molecule has 0 heterocycles. The number of amidine groups is 1. The van der Waals surface area contributed by atoms with Crippen molar-refractivity contribution in [2.75, 3.05) is 14.7 Å². The Bertz CT molecular complexity index is 645. The van der Waals surface area contributed by atoms with Gasteiger partial charge in [-0.2, -0.15) is 0 Å². The summed E-state index contributed by atoms with van der Waals surface area (Å²) in [5, 5.41) is 2.87. The maximum atomic E-state index is 14.8. The van der Waals surface area contributed by atoms with E-state index in [4.69, 9.17) is 10.7 Å². The molecule has 7 heteroatoms. The van der Waals surface area contributed by atoms with Gasteiger partial charge >= 0.3 is 175 Å². The minimum atomic E-state index is -0.802. The summed E-state index contributed by atoms with van der Waals surface area (Å²) in [5.74, 6) is 0.0630. The molecule has 0 fully saturated rings. The fourth-order valence-corrected chi connectivity index (χ4v) is 4.60. The second-order valence-electron chi connectivity index (χ2n) is 6.16. The molecule has 0 aliphatic heterocycles. The molecule has 2 atom stereocenters. The summed E-state index contributed by atoms with van der Waals surface area (Å²) in [6.07, 6.45) is 1.40. The van der Waals surface area contributed by atoms with E-state index >= 15 is 0 Å². The number of benzene rings is 1. The van der Waals surface area contributed by atoms with Crippen LogP contribution in [0.2, 0.25) is 0 Å². The third-order valence-corrected chi connectivity index (χ3v) is 7.47. The number of anilines is 1. The molecule has 1 unspecified atom stereocenters. The molecule has 0 spiro atoms. The first-order chi connectivity index (χ1) is 11.6. The number of carbonyl (C=O) groups is 1. The van der Waals surface area contributed by atoms with Crippen molar-refractivity contribution in [3.8, 4) is 0 Å². The topological polar surface area (TPSA) is 67.5 Å². The molecule has 0 aliphatic rings. The first-order valence-corrected chi connectivity index (χ1v) is 12.9. The number of nitrogens with zero attached hydrogens (tertiary/aromatic N) is 1. The van der Waals surface area contributed by atoms with Crippen molar-refractivity contribution >= 4 is 40.0 Å². The van der Waals surface area contributed by atoms with Gasteiger partial charge in [-0.25, -0.2) is 0 Å². The fraction of sp³-hybridized carbons (Fsp3) is 0.556. The maximum absolute atomic E-state index is 14.8. The minimum absolute atomic E-state index is 0.0267. The van der Waals surface area contributed by atoms with Crippen LogP contribution in [0.15, 0.2) is 23.2 Å². The number of rotatable bonds is 8. The van der Waals surface area contributed by atoms with Gasteiger partial charge in [0, 0.05) is 0 Å². The number of carbonyl (C=O) groups excluding carboxylic acids is 1. The molecule has 0 aromatic heterocycles. The zero-order chi connectivity index (χ0) is 19.3. The molecular weight excluding hydrogens is 547 g/mol. The molecule has 4 nitrogen and oxygen atoms in total. The van der Waals surface area contributed by atoms with Crippen molar-refractivity contribution < 1.29 is 30.4 Å².